The maximum atomic E-state index is 12.0. The lowest BCUT2D eigenvalue weighted by atomic mass is 10.2. The summed E-state index contributed by atoms with van der Waals surface area (Å²) in [7, 11) is 0. The number of anilines is 2. The first-order valence-corrected chi connectivity index (χ1v) is 8.82. The molecular formula is C18H16N4O4S. The Morgan fingerprint density at radius 2 is 2.07 bits per heavy atom. The molecule has 0 spiro atoms. The molecule has 0 radical (unpaired) electrons. The van der Waals surface area contributed by atoms with E-state index in [1.165, 1.54) is 23.5 Å². The van der Waals surface area contributed by atoms with E-state index in [2.05, 4.69) is 20.6 Å². The molecular weight excluding hydrogens is 368 g/mol. The lowest BCUT2D eigenvalue weighted by molar-refractivity contribution is -0.115. The monoisotopic (exact) mass is 384 g/mol. The minimum absolute atomic E-state index is 0.0402. The fourth-order valence-electron chi connectivity index (χ4n) is 2.15. The number of hydrogen-bond donors (Lipinski definition) is 3. The molecule has 0 unspecified atom stereocenters. The molecule has 9 heteroatoms. The molecule has 2 heterocycles. The Morgan fingerprint density at radius 3 is 2.85 bits per heavy atom. The van der Waals surface area contributed by atoms with E-state index in [0.29, 0.717) is 16.5 Å². The van der Waals surface area contributed by atoms with E-state index in [9.17, 15) is 14.7 Å². The second kappa shape index (κ2) is 8.77. The minimum atomic E-state index is -0.635. The van der Waals surface area contributed by atoms with E-state index in [4.69, 9.17) is 4.74 Å². The van der Waals surface area contributed by atoms with E-state index in [0.717, 1.165) is 5.56 Å². The van der Waals surface area contributed by atoms with Gasteiger partial charge in [-0.2, -0.15) is 0 Å². The van der Waals surface area contributed by atoms with Gasteiger partial charge >= 0.3 is 6.09 Å². The molecule has 138 valence electrons. The molecule has 27 heavy (non-hydrogen) atoms. The highest BCUT2D eigenvalue weighted by Crippen LogP contribution is 2.18. The van der Waals surface area contributed by atoms with Gasteiger partial charge in [0.25, 0.3) is 0 Å². The number of benzene rings is 1. The summed E-state index contributed by atoms with van der Waals surface area (Å²) in [5.74, 6) is -0.214. The van der Waals surface area contributed by atoms with Crippen molar-refractivity contribution in [1.82, 2.24) is 9.97 Å². The number of carbonyl (C=O) groups excluding carboxylic acids is 2. The minimum Gasteiger partial charge on any atom is -0.508 e. The first kappa shape index (κ1) is 18.3. The van der Waals surface area contributed by atoms with E-state index < -0.39 is 6.09 Å². The number of amides is 2. The Morgan fingerprint density at radius 1 is 1.19 bits per heavy atom. The van der Waals surface area contributed by atoms with Crippen LogP contribution in [-0.4, -0.2) is 27.1 Å². The van der Waals surface area contributed by atoms with Gasteiger partial charge in [0, 0.05) is 35.1 Å². The molecule has 0 aliphatic heterocycles. The van der Waals surface area contributed by atoms with Crippen molar-refractivity contribution in [3.63, 3.8) is 0 Å². The van der Waals surface area contributed by atoms with Crippen LogP contribution in [0, 0.1) is 0 Å². The zero-order valence-electron chi connectivity index (χ0n) is 14.1. The van der Waals surface area contributed by atoms with E-state index >= 15 is 0 Å². The average molecular weight is 384 g/mol. The van der Waals surface area contributed by atoms with E-state index in [-0.39, 0.29) is 24.7 Å². The van der Waals surface area contributed by atoms with Crippen LogP contribution in [0.1, 0.15) is 11.3 Å². The first-order chi connectivity index (χ1) is 13.1. The van der Waals surface area contributed by atoms with Gasteiger partial charge in [0.2, 0.25) is 5.91 Å². The smallest absolute Gasteiger partial charge is 0.413 e. The topological polar surface area (TPSA) is 113 Å². The summed E-state index contributed by atoms with van der Waals surface area (Å²) in [6.45, 7) is 0.101. The molecule has 0 fully saturated rings. The number of phenolic OH excluding ortho intramolecular Hbond substituents is 1. The number of pyridine rings is 1. The number of rotatable bonds is 6. The Labute approximate surface area is 158 Å². The van der Waals surface area contributed by atoms with Crippen LogP contribution in [-0.2, 0) is 22.6 Å². The fourth-order valence-corrected chi connectivity index (χ4v) is 2.85. The van der Waals surface area contributed by atoms with Gasteiger partial charge in [-0.25, -0.2) is 9.78 Å². The van der Waals surface area contributed by atoms with Crippen LogP contribution in [0.5, 0.6) is 5.75 Å². The number of phenols is 1. The third-order valence-electron chi connectivity index (χ3n) is 3.33. The van der Waals surface area contributed by atoms with Crippen molar-refractivity contribution >= 4 is 34.2 Å². The van der Waals surface area contributed by atoms with Crippen LogP contribution in [0.3, 0.4) is 0 Å². The molecule has 0 atom stereocenters. The van der Waals surface area contributed by atoms with Crippen LogP contribution < -0.4 is 10.6 Å². The van der Waals surface area contributed by atoms with E-state index in [1.54, 1.807) is 42.0 Å². The van der Waals surface area contributed by atoms with Crippen molar-refractivity contribution in [2.75, 3.05) is 10.6 Å². The molecule has 0 saturated carbocycles. The summed E-state index contributed by atoms with van der Waals surface area (Å²) in [5, 5.41) is 16.6. The predicted octanol–water partition coefficient (Wildman–Crippen LogP) is 3.17. The Kier molecular flexibility index (Phi) is 5.95. The maximum Gasteiger partial charge on any atom is 0.413 e. The second-order valence-corrected chi connectivity index (χ2v) is 6.34. The SMILES string of the molecule is O=C(Cc1csc(NC(=O)OCc2cccnc2)n1)Nc1cccc(O)c1. The summed E-state index contributed by atoms with van der Waals surface area (Å²) in [4.78, 5) is 32.0. The summed E-state index contributed by atoms with van der Waals surface area (Å²) in [6.07, 6.45) is 2.65. The van der Waals surface area contributed by atoms with Crippen molar-refractivity contribution in [2.45, 2.75) is 13.0 Å². The summed E-state index contributed by atoms with van der Waals surface area (Å²) >= 11 is 1.19. The predicted molar refractivity (Wildman–Crippen MR) is 101 cm³/mol. The first-order valence-electron chi connectivity index (χ1n) is 7.94. The number of ether oxygens (including phenoxy) is 1. The average Bonchev–Trinajstić information content (AvgIpc) is 3.07. The van der Waals surface area contributed by atoms with Crippen molar-refractivity contribution in [3.8, 4) is 5.75 Å². The molecule has 2 aromatic heterocycles. The zero-order chi connectivity index (χ0) is 19.1. The largest absolute Gasteiger partial charge is 0.508 e. The molecule has 0 bridgehead atoms. The Balaban J connectivity index is 1.47. The van der Waals surface area contributed by atoms with Crippen LogP contribution in [0.2, 0.25) is 0 Å². The number of aromatic nitrogens is 2. The van der Waals surface area contributed by atoms with Crippen LogP contribution >= 0.6 is 11.3 Å². The van der Waals surface area contributed by atoms with Gasteiger partial charge in [0.05, 0.1) is 12.1 Å². The molecule has 3 rings (SSSR count). The summed E-state index contributed by atoms with van der Waals surface area (Å²) in [6, 6.07) is 9.82. The molecule has 0 saturated heterocycles. The zero-order valence-corrected chi connectivity index (χ0v) is 14.9. The number of thiazole rings is 1. The van der Waals surface area contributed by atoms with Gasteiger partial charge in [-0.05, 0) is 18.2 Å². The van der Waals surface area contributed by atoms with Crippen molar-refractivity contribution in [2.24, 2.45) is 0 Å². The van der Waals surface area contributed by atoms with Gasteiger partial charge in [0.1, 0.15) is 12.4 Å². The van der Waals surface area contributed by atoms with Crippen LogP contribution in [0.4, 0.5) is 15.6 Å². The van der Waals surface area contributed by atoms with Crippen LogP contribution in [0.15, 0.2) is 54.2 Å². The molecule has 3 aromatic rings. The molecule has 1 aromatic carbocycles. The maximum absolute atomic E-state index is 12.0. The lowest BCUT2D eigenvalue weighted by Gasteiger charge is -2.05. The Bertz CT molecular complexity index is 930. The fraction of sp³-hybridized carbons (Fsp3) is 0.111. The van der Waals surface area contributed by atoms with Crippen molar-refractivity contribution in [1.29, 1.82) is 0 Å². The standard InChI is InChI=1S/C18H16N4O4S/c23-15-5-1-4-13(7-15)20-16(24)8-14-11-27-17(21-14)22-18(25)26-10-12-3-2-6-19-9-12/h1-7,9,11,23H,8,10H2,(H,20,24)(H,21,22,25). The van der Waals surface area contributed by atoms with Gasteiger partial charge in [0.15, 0.2) is 5.13 Å². The van der Waals surface area contributed by atoms with E-state index in [1.807, 2.05) is 0 Å². The number of nitrogens with one attached hydrogen (secondary N) is 2. The number of aromatic hydroxyl groups is 1. The second-order valence-electron chi connectivity index (χ2n) is 5.48. The number of nitrogens with zero attached hydrogens (tertiary/aromatic N) is 2. The van der Waals surface area contributed by atoms with Gasteiger partial charge in [-0.3, -0.25) is 15.1 Å². The third-order valence-corrected chi connectivity index (χ3v) is 4.13. The van der Waals surface area contributed by atoms with Gasteiger partial charge in [-0.1, -0.05) is 12.1 Å². The number of hydrogen-bond acceptors (Lipinski definition) is 7. The highest BCUT2D eigenvalue weighted by atomic mass is 32.1. The van der Waals surface area contributed by atoms with Crippen molar-refractivity contribution < 1.29 is 19.4 Å². The third kappa shape index (κ3) is 5.79. The number of carbonyl (C=O) groups is 2. The van der Waals surface area contributed by atoms with Crippen LogP contribution in [0.25, 0.3) is 0 Å². The quantitative estimate of drug-likeness (QED) is 0.602. The molecule has 3 N–H and O–H groups in total. The molecule has 2 amide bonds. The normalized spacial score (nSPS) is 10.2. The van der Waals surface area contributed by atoms with Gasteiger partial charge < -0.3 is 15.2 Å². The molecule has 8 nitrogen and oxygen atoms in total. The van der Waals surface area contributed by atoms with Crippen molar-refractivity contribution in [3.05, 3.63) is 65.4 Å². The lowest BCUT2D eigenvalue weighted by Crippen LogP contribution is -2.15. The molecule has 0 aliphatic rings. The highest BCUT2D eigenvalue weighted by Gasteiger charge is 2.11. The van der Waals surface area contributed by atoms with Gasteiger partial charge in [-0.15, -0.1) is 11.3 Å². The summed E-state index contributed by atoms with van der Waals surface area (Å²) in [5.41, 5.74) is 1.78. The highest BCUT2D eigenvalue weighted by molar-refractivity contribution is 7.13. The molecule has 0 aliphatic carbocycles. The summed E-state index contributed by atoms with van der Waals surface area (Å²) < 4.78 is 5.09. The Hall–Kier alpha value is -3.46.